The summed E-state index contributed by atoms with van der Waals surface area (Å²) in [6.45, 7) is 0.616. The van der Waals surface area contributed by atoms with E-state index in [9.17, 15) is 5.11 Å². The van der Waals surface area contributed by atoms with E-state index in [0.29, 0.717) is 35.4 Å². The molecule has 8 heteroatoms. The molecule has 2 aromatic carbocycles. The summed E-state index contributed by atoms with van der Waals surface area (Å²) in [5.74, 6) is 2.28. The summed E-state index contributed by atoms with van der Waals surface area (Å²) in [4.78, 5) is 8.71. The van der Waals surface area contributed by atoms with Crippen LogP contribution in [-0.4, -0.2) is 35.8 Å². The molecule has 1 unspecified atom stereocenters. The number of anilines is 3. The molecule has 0 bridgehead atoms. The quantitative estimate of drug-likeness (QED) is 0.409. The van der Waals surface area contributed by atoms with E-state index in [4.69, 9.17) is 15.2 Å². The van der Waals surface area contributed by atoms with Gasteiger partial charge in [-0.25, -0.2) is 4.98 Å². The Kier molecular flexibility index (Phi) is 6.83. The van der Waals surface area contributed by atoms with Gasteiger partial charge >= 0.3 is 0 Å². The standard InChI is InChI=1S/C21H25N5O3/c1-28-17-9-8-14(12-18(17)29-2)10-11-23-21-24-13-16(19(22)27)20(26-21)25-15-6-4-3-5-7-15/h3-9,12-13,19,27H,10-11,22H2,1-2H3,(H2,23,24,25,26). The van der Waals surface area contributed by atoms with Crippen molar-refractivity contribution >= 4 is 17.5 Å². The van der Waals surface area contributed by atoms with Gasteiger partial charge in [0.25, 0.3) is 0 Å². The van der Waals surface area contributed by atoms with Crippen LogP contribution in [0.2, 0.25) is 0 Å². The molecule has 0 radical (unpaired) electrons. The summed E-state index contributed by atoms with van der Waals surface area (Å²) < 4.78 is 10.6. The lowest BCUT2D eigenvalue weighted by Gasteiger charge is -2.14. The topological polar surface area (TPSA) is 115 Å². The van der Waals surface area contributed by atoms with Gasteiger partial charge in [0.1, 0.15) is 12.0 Å². The number of rotatable bonds is 9. The summed E-state index contributed by atoms with van der Waals surface area (Å²) in [6, 6.07) is 15.3. The van der Waals surface area contributed by atoms with E-state index >= 15 is 0 Å². The molecular weight excluding hydrogens is 370 g/mol. The van der Waals surface area contributed by atoms with E-state index in [-0.39, 0.29) is 0 Å². The fourth-order valence-electron chi connectivity index (χ4n) is 2.81. The molecule has 1 atom stereocenters. The van der Waals surface area contributed by atoms with Gasteiger partial charge in [0.15, 0.2) is 11.5 Å². The minimum absolute atomic E-state index is 0.416. The van der Waals surface area contributed by atoms with Gasteiger partial charge in [-0.2, -0.15) is 4.98 Å². The van der Waals surface area contributed by atoms with E-state index < -0.39 is 6.23 Å². The highest BCUT2D eigenvalue weighted by molar-refractivity contribution is 5.60. The Morgan fingerprint density at radius 1 is 1.07 bits per heavy atom. The van der Waals surface area contributed by atoms with Crippen molar-refractivity contribution in [3.63, 3.8) is 0 Å². The number of hydrogen-bond donors (Lipinski definition) is 4. The summed E-state index contributed by atoms with van der Waals surface area (Å²) in [5.41, 5.74) is 7.98. The van der Waals surface area contributed by atoms with E-state index in [2.05, 4.69) is 20.6 Å². The highest BCUT2D eigenvalue weighted by atomic mass is 16.5. The molecule has 3 aromatic rings. The third-order valence-corrected chi connectivity index (χ3v) is 4.32. The molecule has 0 amide bonds. The fraction of sp³-hybridized carbons (Fsp3) is 0.238. The zero-order chi connectivity index (χ0) is 20.6. The first kappa shape index (κ1) is 20.4. The molecule has 29 heavy (non-hydrogen) atoms. The van der Waals surface area contributed by atoms with Crippen LogP contribution in [0, 0.1) is 0 Å². The van der Waals surface area contributed by atoms with Crippen LogP contribution in [-0.2, 0) is 6.42 Å². The lowest BCUT2D eigenvalue weighted by molar-refractivity contribution is 0.186. The van der Waals surface area contributed by atoms with Crippen molar-refractivity contribution in [1.29, 1.82) is 0 Å². The van der Waals surface area contributed by atoms with Gasteiger partial charge in [-0.15, -0.1) is 0 Å². The molecule has 1 aromatic heterocycles. The van der Waals surface area contributed by atoms with Crippen LogP contribution < -0.4 is 25.8 Å². The zero-order valence-electron chi connectivity index (χ0n) is 16.4. The molecule has 0 aliphatic carbocycles. The SMILES string of the molecule is COc1ccc(CCNc2ncc(C(N)O)c(Nc3ccccc3)n2)cc1OC. The van der Waals surface area contributed by atoms with Crippen molar-refractivity contribution in [1.82, 2.24) is 9.97 Å². The number of aliphatic hydroxyl groups is 1. The minimum atomic E-state index is -1.18. The predicted molar refractivity (Wildman–Crippen MR) is 113 cm³/mol. The van der Waals surface area contributed by atoms with E-state index in [1.54, 1.807) is 14.2 Å². The first-order chi connectivity index (χ1) is 14.1. The summed E-state index contributed by atoms with van der Waals surface area (Å²) >= 11 is 0. The Balaban J connectivity index is 1.69. The van der Waals surface area contributed by atoms with E-state index in [1.165, 1.54) is 6.20 Å². The fourth-order valence-corrected chi connectivity index (χ4v) is 2.81. The highest BCUT2D eigenvalue weighted by Crippen LogP contribution is 2.28. The Morgan fingerprint density at radius 3 is 2.52 bits per heavy atom. The first-order valence-corrected chi connectivity index (χ1v) is 9.18. The second-order valence-electron chi connectivity index (χ2n) is 6.30. The number of nitrogens with zero attached hydrogens (tertiary/aromatic N) is 2. The second-order valence-corrected chi connectivity index (χ2v) is 6.30. The molecular formula is C21H25N5O3. The van der Waals surface area contributed by atoms with Gasteiger partial charge in [0.05, 0.1) is 19.8 Å². The van der Waals surface area contributed by atoms with Gasteiger partial charge in [-0.1, -0.05) is 24.3 Å². The van der Waals surface area contributed by atoms with Crippen LogP contribution in [0.5, 0.6) is 11.5 Å². The monoisotopic (exact) mass is 395 g/mol. The van der Waals surface area contributed by atoms with Crippen LogP contribution >= 0.6 is 0 Å². The van der Waals surface area contributed by atoms with Crippen molar-refractivity contribution < 1.29 is 14.6 Å². The maximum Gasteiger partial charge on any atom is 0.224 e. The van der Waals surface area contributed by atoms with E-state index in [0.717, 1.165) is 17.7 Å². The van der Waals surface area contributed by atoms with Gasteiger partial charge in [-0.05, 0) is 36.2 Å². The molecule has 0 aliphatic heterocycles. The molecule has 1 heterocycles. The molecule has 5 N–H and O–H groups in total. The number of nitrogens with one attached hydrogen (secondary N) is 2. The van der Waals surface area contributed by atoms with Crippen molar-refractivity contribution in [2.45, 2.75) is 12.6 Å². The average molecular weight is 395 g/mol. The zero-order valence-corrected chi connectivity index (χ0v) is 16.4. The molecule has 3 rings (SSSR count). The number of aliphatic hydroxyl groups excluding tert-OH is 1. The lowest BCUT2D eigenvalue weighted by Crippen LogP contribution is -2.15. The number of nitrogens with two attached hydrogens (primary N) is 1. The number of methoxy groups -OCH3 is 2. The van der Waals surface area contributed by atoms with Gasteiger partial charge in [-0.3, -0.25) is 0 Å². The third-order valence-electron chi connectivity index (χ3n) is 4.32. The van der Waals surface area contributed by atoms with Crippen LogP contribution in [0.1, 0.15) is 17.4 Å². The molecule has 8 nitrogen and oxygen atoms in total. The molecule has 0 saturated heterocycles. The molecule has 0 saturated carbocycles. The van der Waals surface area contributed by atoms with Gasteiger partial charge in [0.2, 0.25) is 5.95 Å². The second kappa shape index (κ2) is 9.72. The number of benzene rings is 2. The number of aromatic nitrogens is 2. The minimum Gasteiger partial charge on any atom is -0.493 e. The first-order valence-electron chi connectivity index (χ1n) is 9.18. The van der Waals surface area contributed by atoms with Crippen molar-refractivity contribution in [2.24, 2.45) is 5.73 Å². The number of hydrogen-bond acceptors (Lipinski definition) is 8. The maximum absolute atomic E-state index is 9.81. The van der Waals surface area contributed by atoms with Crippen LogP contribution in [0.4, 0.5) is 17.5 Å². The molecule has 0 aliphatic rings. The van der Waals surface area contributed by atoms with Crippen LogP contribution in [0.3, 0.4) is 0 Å². The lowest BCUT2D eigenvalue weighted by atomic mass is 10.1. The molecule has 0 spiro atoms. The van der Waals surface area contributed by atoms with Crippen molar-refractivity contribution in [3.05, 3.63) is 65.9 Å². The molecule has 152 valence electrons. The Morgan fingerprint density at radius 2 is 1.83 bits per heavy atom. The smallest absolute Gasteiger partial charge is 0.224 e. The molecule has 0 fully saturated rings. The Hall–Kier alpha value is -3.36. The maximum atomic E-state index is 9.81. The average Bonchev–Trinajstić information content (AvgIpc) is 2.74. The third kappa shape index (κ3) is 5.34. The number of ether oxygens (including phenoxy) is 2. The Labute approximate surface area is 169 Å². The van der Waals surface area contributed by atoms with E-state index in [1.807, 2.05) is 48.5 Å². The summed E-state index contributed by atoms with van der Waals surface area (Å²) in [6.07, 6.45) is 1.08. The normalized spacial score (nSPS) is 11.6. The van der Waals surface area contributed by atoms with Crippen LogP contribution in [0.25, 0.3) is 0 Å². The van der Waals surface area contributed by atoms with Crippen LogP contribution in [0.15, 0.2) is 54.7 Å². The number of para-hydroxylation sites is 1. The predicted octanol–water partition coefficient (Wildman–Crippen LogP) is 2.84. The highest BCUT2D eigenvalue weighted by Gasteiger charge is 2.13. The largest absolute Gasteiger partial charge is 0.493 e. The van der Waals surface area contributed by atoms with Crippen molar-refractivity contribution in [2.75, 3.05) is 31.4 Å². The van der Waals surface area contributed by atoms with Gasteiger partial charge < -0.3 is 30.9 Å². The van der Waals surface area contributed by atoms with Crippen molar-refractivity contribution in [3.8, 4) is 11.5 Å². The summed E-state index contributed by atoms with van der Waals surface area (Å²) in [5, 5.41) is 16.2. The Bertz CT molecular complexity index is 935. The summed E-state index contributed by atoms with van der Waals surface area (Å²) in [7, 11) is 3.22. The van der Waals surface area contributed by atoms with Gasteiger partial charge in [0, 0.05) is 18.4 Å².